The molecule has 0 aliphatic carbocycles. The maximum Gasteiger partial charge on any atom is 0.201 e. The van der Waals surface area contributed by atoms with Crippen molar-refractivity contribution in [2.24, 2.45) is 0 Å². The topological polar surface area (TPSA) is 61.2 Å². The number of aliphatic hydroxyl groups excluding tert-OH is 1. The highest BCUT2D eigenvalue weighted by Crippen LogP contribution is 1.88. The number of nitrogens with one attached hydrogen (secondary N) is 1. The molecule has 0 aliphatic heterocycles. The maximum absolute atomic E-state index is 10.4. The molecule has 0 fully saturated rings. The molecule has 51 valence electrons. The van der Waals surface area contributed by atoms with Gasteiger partial charge in [0.2, 0.25) is 5.78 Å². The lowest BCUT2D eigenvalue weighted by atomic mass is 10.1. The van der Waals surface area contributed by atoms with Crippen LogP contribution in [-0.2, 0) is 4.79 Å². The van der Waals surface area contributed by atoms with Crippen molar-refractivity contribution in [1.82, 2.24) is 0 Å². The van der Waals surface area contributed by atoms with E-state index in [1.165, 1.54) is 6.42 Å². The molecule has 0 amide bonds. The normalized spacial score (nSPS) is 9.11. The minimum atomic E-state index is -0.560. The van der Waals surface area contributed by atoms with Crippen molar-refractivity contribution in [2.45, 2.75) is 13.3 Å². The molecule has 0 aromatic carbocycles. The fraction of sp³-hybridized carbons (Fsp3) is 0.500. The molecule has 3 heteroatoms. The van der Waals surface area contributed by atoms with Crippen LogP contribution >= 0.6 is 0 Å². The summed E-state index contributed by atoms with van der Waals surface area (Å²) in [6, 6.07) is 0. The first kappa shape index (κ1) is 8.30. The molecule has 0 unspecified atom stereocenters. The van der Waals surface area contributed by atoms with Gasteiger partial charge in [-0.3, -0.25) is 4.79 Å². The Hall–Kier alpha value is -0.700. The summed E-state index contributed by atoms with van der Waals surface area (Å²) in [5.74, 6) is -0.517. The number of ketones is 1. The fourth-order valence-electron chi connectivity index (χ4n) is 0.403. The zero-order valence-corrected chi connectivity index (χ0v) is 5.35. The Bertz CT molecular complexity index is 120. The van der Waals surface area contributed by atoms with Crippen molar-refractivity contribution in [2.75, 3.05) is 6.61 Å². The molecule has 1 radical (unpaired) electrons. The molecule has 0 spiro atoms. The Morgan fingerprint density at radius 1 is 1.78 bits per heavy atom. The van der Waals surface area contributed by atoms with E-state index in [1.54, 1.807) is 0 Å². The Kier molecular flexibility index (Phi) is 3.88. The van der Waals surface area contributed by atoms with Crippen LogP contribution < -0.4 is 0 Å². The molecule has 0 atom stereocenters. The van der Waals surface area contributed by atoms with Gasteiger partial charge in [0.25, 0.3) is 0 Å². The number of carbonyl (C=O) groups is 1. The third-order valence-corrected chi connectivity index (χ3v) is 0.852. The first-order chi connectivity index (χ1) is 4.22. The molecular weight excluding hydrogens is 118 g/mol. The van der Waals surface area contributed by atoms with Gasteiger partial charge in [0.1, 0.15) is 6.61 Å². The van der Waals surface area contributed by atoms with Gasteiger partial charge in [0.05, 0.1) is 5.71 Å². The Balaban J connectivity index is 3.60. The van der Waals surface area contributed by atoms with Crippen molar-refractivity contribution in [1.29, 1.82) is 5.41 Å². The second-order valence-electron chi connectivity index (χ2n) is 1.61. The Morgan fingerprint density at radius 3 is 2.67 bits per heavy atom. The number of aliphatic hydroxyl groups is 1. The predicted octanol–water partition coefficient (Wildman–Crippen LogP) is 0.182. The summed E-state index contributed by atoms with van der Waals surface area (Å²) in [5.41, 5.74) is -0.0972. The van der Waals surface area contributed by atoms with Crippen LogP contribution in [0.25, 0.3) is 0 Å². The van der Waals surface area contributed by atoms with Crippen LogP contribution in [0.1, 0.15) is 13.3 Å². The van der Waals surface area contributed by atoms with E-state index in [4.69, 9.17) is 10.5 Å². The van der Waals surface area contributed by atoms with E-state index in [1.807, 2.05) is 6.92 Å². The maximum atomic E-state index is 10.4. The van der Waals surface area contributed by atoms with Crippen molar-refractivity contribution in [3.63, 3.8) is 0 Å². The van der Waals surface area contributed by atoms with E-state index < -0.39 is 12.4 Å². The summed E-state index contributed by atoms with van der Waals surface area (Å²) in [5, 5.41) is 15.2. The summed E-state index contributed by atoms with van der Waals surface area (Å²) < 4.78 is 0. The highest BCUT2D eigenvalue weighted by atomic mass is 16.3. The highest BCUT2D eigenvalue weighted by Gasteiger charge is 2.04. The first-order valence-corrected chi connectivity index (χ1v) is 2.78. The fourth-order valence-corrected chi connectivity index (χ4v) is 0.403. The number of hydrogen-bond acceptors (Lipinski definition) is 3. The SMILES string of the molecule is CC[CH]C(=N)C(=O)CO. The van der Waals surface area contributed by atoms with E-state index in [2.05, 4.69) is 0 Å². The lowest BCUT2D eigenvalue weighted by Gasteiger charge is -1.94. The Morgan fingerprint density at radius 2 is 2.33 bits per heavy atom. The summed E-state index contributed by atoms with van der Waals surface area (Å²) in [6.07, 6.45) is 2.13. The molecule has 0 bridgehead atoms. The molecular formula is C6H10NO2. The second kappa shape index (κ2) is 4.21. The minimum absolute atomic E-state index is 0.0972. The minimum Gasteiger partial charge on any atom is -0.388 e. The number of carbonyl (C=O) groups excluding carboxylic acids is 1. The predicted molar refractivity (Wildman–Crippen MR) is 34.4 cm³/mol. The van der Waals surface area contributed by atoms with E-state index in [9.17, 15) is 4.79 Å². The van der Waals surface area contributed by atoms with Gasteiger partial charge in [-0.1, -0.05) is 6.92 Å². The zero-order valence-electron chi connectivity index (χ0n) is 5.35. The van der Waals surface area contributed by atoms with Crippen LogP contribution in [0.4, 0.5) is 0 Å². The van der Waals surface area contributed by atoms with E-state index >= 15 is 0 Å². The van der Waals surface area contributed by atoms with Gasteiger partial charge < -0.3 is 10.5 Å². The summed E-state index contributed by atoms with van der Waals surface area (Å²) in [4.78, 5) is 10.4. The third-order valence-electron chi connectivity index (χ3n) is 0.852. The van der Waals surface area contributed by atoms with Crippen molar-refractivity contribution in [3.8, 4) is 0 Å². The number of rotatable bonds is 4. The van der Waals surface area contributed by atoms with Gasteiger partial charge in [-0.25, -0.2) is 0 Å². The highest BCUT2D eigenvalue weighted by molar-refractivity contribution is 6.42. The molecule has 0 heterocycles. The second-order valence-corrected chi connectivity index (χ2v) is 1.61. The van der Waals surface area contributed by atoms with Gasteiger partial charge in [-0.2, -0.15) is 0 Å². The van der Waals surface area contributed by atoms with Crippen LogP contribution in [-0.4, -0.2) is 23.2 Å². The van der Waals surface area contributed by atoms with Gasteiger partial charge in [0, 0.05) is 6.42 Å². The first-order valence-electron chi connectivity index (χ1n) is 2.78. The molecule has 9 heavy (non-hydrogen) atoms. The number of Topliss-reactive ketones (excluding diaryl/α,β-unsaturated/α-hetero) is 1. The molecule has 0 saturated heterocycles. The van der Waals surface area contributed by atoms with Crippen molar-refractivity contribution in [3.05, 3.63) is 6.42 Å². The smallest absolute Gasteiger partial charge is 0.201 e. The van der Waals surface area contributed by atoms with Crippen LogP contribution in [0.15, 0.2) is 0 Å². The average molecular weight is 128 g/mol. The zero-order chi connectivity index (χ0) is 7.28. The lowest BCUT2D eigenvalue weighted by Crippen LogP contribution is -2.16. The molecule has 0 aliphatic rings. The van der Waals surface area contributed by atoms with Crippen LogP contribution in [0, 0.1) is 11.8 Å². The third kappa shape index (κ3) is 2.98. The van der Waals surface area contributed by atoms with Gasteiger partial charge in [0.15, 0.2) is 0 Å². The van der Waals surface area contributed by atoms with Crippen LogP contribution in [0.2, 0.25) is 0 Å². The molecule has 0 saturated carbocycles. The molecule has 0 aromatic rings. The summed E-state index contributed by atoms with van der Waals surface area (Å²) in [6.45, 7) is 1.27. The Labute approximate surface area is 54.2 Å². The van der Waals surface area contributed by atoms with Crippen LogP contribution in [0.3, 0.4) is 0 Å². The van der Waals surface area contributed by atoms with E-state index in [0.717, 1.165) is 0 Å². The average Bonchev–Trinajstić information content (AvgIpc) is 1.87. The van der Waals surface area contributed by atoms with Crippen LogP contribution in [0.5, 0.6) is 0 Å². The van der Waals surface area contributed by atoms with Crippen molar-refractivity contribution < 1.29 is 9.90 Å². The lowest BCUT2D eigenvalue weighted by molar-refractivity contribution is -0.115. The van der Waals surface area contributed by atoms with Crippen molar-refractivity contribution >= 4 is 11.5 Å². The largest absolute Gasteiger partial charge is 0.388 e. The quantitative estimate of drug-likeness (QED) is 0.530. The molecule has 2 N–H and O–H groups in total. The molecule has 0 rings (SSSR count). The summed E-state index contributed by atoms with van der Waals surface area (Å²) in [7, 11) is 0. The summed E-state index contributed by atoms with van der Waals surface area (Å²) >= 11 is 0. The monoisotopic (exact) mass is 128 g/mol. The van der Waals surface area contributed by atoms with Gasteiger partial charge in [-0.15, -0.1) is 0 Å². The standard InChI is InChI=1S/C6H10NO2/c1-2-3-5(7)6(9)4-8/h3,7-8H,2,4H2,1H3. The van der Waals surface area contributed by atoms with E-state index in [0.29, 0.717) is 6.42 Å². The molecule has 0 aromatic heterocycles. The van der Waals surface area contributed by atoms with Gasteiger partial charge in [-0.05, 0) is 6.42 Å². The van der Waals surface area contributed by atoms with Gasteiger partial charge >= 0.3 is 0 Å². The van der Waals surface area contributed by atoms with E-state index in [-0.39, 0.29) is 5.71 Å². The molecule has 3 nitrogen and oxygen atoms in total. The number of hydrogen-bond donors (Lipinski definition) is 2.